The van der Waals surface area contributed by atoms with Crippen LogP contribution in [0.5, 0.6) is 0 Å². The summed E-state index contributed by atoms with van der Waals surface area (Å²) in [5.74, 6) is 0.436. The average molecular weight is 333 g/mol. The van der Waals surface area contributed by atoms with Crippen LogP contribution >= 0.6 is 11.3 Å². The minimum absolute atomic E-state index is 0.0327. The number of aryl methyl sites for hydroxylation is 1. The van der Waals surface area contributed by atoms with Crippen molar-refractivity contribution in [2.24, 2.45) is 0 Å². The summed E-state index contributed by atoms with van der Waals surface area (Å²) in [6, 6.07) is 2.03. The summed E-state index contributed by atoms with van der Waals surface area (Å²) < 4.78 is 1.72. The molecule has 1 saturated heterocycles. The van der Waals surface area contributed by atoms with Crippen molar-refractivity contribution < 1.29 is 4.79 Å². The average Bonchev–Trinajstić information content (AvgIpc) is 3.23. The summed E-state index contributed by atoms with van der Waals surface area (Å²) in [5, 5.41) is 13.8. The minimum Gasteiger partial charge on any atom is -0.348 e. The lowest BCUT2D eigenvalue weighted by atomic mass is 9.97. The SMILES string of the molecule is CCc1csc(CNC(=O)Cn2ccc(C3CCCNC3)n2)n1. The van der Waals surface area contributed by atoms with Gasteiger partial charge in [0.2, 0.25) is 5.91 Å². The van der Waals surface area contributed by atoms with Crippen molar-refractivity contribution in [3.8, 4) is 0 Å². The third-order valence-electron chi connectivity index (χ3n) is 4.08. The number of nitrogens with one attached hydrogen (secondary N) is 2. The van der Waals surface area contributed by atoms with Gasteiger partial charge in [0.05, 0.1) is 17.9 Å². The molecule has 0 radical (unpaired) electrons. The molecular weight excluding hydrogens is 310 g/mol. The van der Waals surface area contributed by atoms with Crippen LogP contribution in [0.4, 0.5) is 0 Å². The summed E-state index contributed by atoms with van der Waals surface area (Å²) in [7, 11) is 0. The molecule has 2 aromatic heterocycles. The number of thiazole rings is 1. The molecule has 1 aliphatic rings. The first kappa shape index (κ1) is 16.1. The van der Waals surface area contributed by atoms with E-state index < -0.39 is 0 Å². The van der Waals surface area contributed by atoms with Crippen molar-refractivity contribution in [2.45, 2.75) is 45.2 Å². The normalized spacial score (nSPS) is 18.0. The predicted octanol–water partition coefficient (Wildman–Crippen LogP) is 1.69. The number of hydrogen-bond donors (Lipinski definition) is 2. The minimum atomic E-state index is -0.0327. The van der Waals surface area contributed by atoms with E-state index >= 15 is 0 Å². The second kappa shape index (κ2) is 7.70. The van der Waals surface area contributed by atoms with Crippen molar-refractivity contribution in [3.05, 3.63) is 34.0 Å². The third-order valence-corrected chi connectivity index (χ3v) is 4.98. The molecule has 1 amide bonds. The van der Waals surface area contributed by atoms with Gasteiger partial charge in [-0.1, -0.05) is 6.92 Å². The Morgan fingerprint density at radius 1 is 1.57 bits per heavy atom. The molecule has 3 heterocycles. The highest BCUT2D eigenvalue weighted by atomic mass is 32.1. The molecule has 1 atom stereocenters. The van der Waals surface area contributed by atoms with E-state index in [0.29, 0.717) is 12.5 Å². The van der Waals surface area contributed by atoms with Gasteiger partial charge in [-0.15, -0.1) is 11.3 Å². The fourth-order valence-corrected chi connectivity index (χ4v) is 3.57. The number of nitrogens with zero attached hydrogens (tertiary/aromatic N) is 3. The van der Waals surface area contributed by atoms with E-state index in [4.69, 9.17) is 0 Å². The van der Waals surface area contributed by atoms with Crippen LogP contribution in [0.15, 0.2) is 17.6 Å². The molecule has 0 spiro atoms. The van der Waals surface area contributed by atoms with E-state index in [0.717, 1.165) is 35.9 Å². The highest BCUT2D eigenvalue weighted by molar-refractivity contribution is 7.09. The summed E-state index contributed by atoms with van der Waals surface area (Å²) in [5.41, 5.74) is 2.16. The van der Waals surface area contributed by atoms with Crippen molar-refractivity contribution in [1.29, 1.82) is 0 Å². The molecule has 0 aromatic carbocycles. The zero-order chi connectivity index (χ0) is 16.1. The number of aromatic nitrogens is 3. The first-order valence-electron chi connectivity index (χ1n) is 8.18. The van der Waals surface area contributed by atoms with Crippen LogP contribution in [0.3, 0.4) is 0 Å². The Kier molecular flexibility index (Phi) is 5.40. The molecule has 1 fully saturated rings. The Labute approximate surface area is 140 Å². The lowest BCUT2D eigenvalue weighted by Crippen LogP contribution is -2.29. The van der Waals surface area contributed by atoms with E-state index in [1.165, 1.54) is 12.8 Å². The molecule has 0 saturated carbocycles. The molecule has 6 nitrogen and oxygen atoms in total. The summed E-state index contributed by atoms with van der Waals surface area (Å²) in [6.07, 6.45) is 5.17. The summed E-state index contributed by atoms with van der Waals surface area (Å²) >= 11 is 1.59. The molecule has 1 aliphatic heterocycles. The first-order chi connectivity index (χ1) is 11.2. The number of rotatable bonds is 6. The maximum Gasteiger partial charge on any atom is 0.242 e. The third kappa shape index (κ3) is 4.39. The van der Waals surface area contributed by atoms with Crippen molar-refractivity contribution in [1.82, 2.24) is 25.4 Å². The van der Waals surface area contributed by atoms with Gasteiger partial charge in [0.15, 0.2) is 0 Å². The molecular formula is C16H23N5OS. The van der Waals surface area contributed by atoms with E-state index in [1.807, 2.05) is 17.6 Å². The van der Waals surface area contributed by atoms with Gasteiger partial charge >= 0.3 is 0 Å². The van der Waals surface area contributed by atoms with Crippen LogP contribution in [0.25, 0.3) is 0 Å². The van der Waals surface area contributed by atoms with Crippen LogP contribution in [0.2, 0.25) is 0 Å². The lowest BCUT2D eigenvalue weighted by Gasteiger charge is -2.20. The van der Waals surface area contributed by atoms with Crippen LogP contribution in [0, 0.1) is 0 Å². The van der Waals surface area contributed by atoms with Crippen molar-refractivity contribution >= 4 is 17.2 Å². The summed E-state index contributed by atoms with van der Waals surface area (Å²) in [6.45, 7) is 4.90. The molecule has 0 bridgehead atoms. The monoisotopic (exact) mass is 333 g/mol. The lowest BCUT2D eigenvalue weighted by molar-refractivity contribution is -0.122. The smallest absolute Gasteiger partial charge is 0.242 e. The zero-order valence-electron chi connectivity index (χ0n) is 13.4. The zero-order valence-corrected chi connectivity index (χ0v) is 14.2. The Morgan fingerprint density at radius 2 is 2.48 bits per heavy atom. The fourth-order valence-electron chi connectivity index (χ4n) is 2.76. The number of hydrogen-bond acceptors (Lipinski definition) is 5. The van der Waals surface area contributed by atoms with Gasteiger partial charge < -0.3 is 10.6 Å². The number of carbonyl (C=O) groups is 1. The van der Waals surface area contributed by atoms with Gasteiger partial charge in [-0.05, 0) is 31.9 Å². The van der Waals surface area contributed by atoms with Gasteiger partial charge in [-0.2, -0.15) is 5.10 Å². The Balaban J connectivity index is 1.48. The molecule has 23 heavy (non-hydrogen) atoms. The van der Waals surface area contributed by atoms with Crippen molar-refractivity contribution in [2.75, 3.05) is 13.1 Å². The van der Waals surface area contributed by atoms with Crippen LogP contribution in [-0.2, 0) is 24.3 Å². The first-order valence-corrected chi connectivity index (χ1v) is 9.06. The molecule has 2 N–H and O–H groups in total. The van der Waals surface area contributed by atoms with Gasteiger partial charge in [0.1, 0.15) is 11.6 Å². The van der Waals surface area contributed by atoms with Crippen LogP contribution < -0.4 is 10.6 Å². The predicted molar refractivity (Wildman–Crippen MR) is 90.4 cm³/mol. The van der Waals surface area contributed by atoms with Gasteiger partial charge in [0.25, 0.3) is 0 Å². The largest absolute Gasteiger partial charge is 0.348 e. The van der Waals surface area contributed by atoms with E-state index in [-0.39, 0.29) is 12.5 Å². The van der Waals surface area contributed by atoms with E-state index in [1.54, 1.807) is 16.0 Å². The number of piperidine rings is 1. The second-order valence-electron chi connectivity index (χ2n) is 5.84. The molecule has 3 rings (SSSR count). The highest BCUT2D eigenvalue weighted by Crippen LogP contribution is 2.21. The number of amides is 1. The molecule has 1 unspecified atom stereocenters. The van der Waals surface area contributed by atoms with E-state index in [9.17, 15) is 4.79 Å². The maximum absolute atomic E-state index is 12.0. The standard InChI is InChI=1S/C16H23N5OS/c1-2-13-11-23-16(19-13)9-18-15(22)10-21-7-5-14(20-21)12-4-3-6-17-8-12/h5,7,11-12,17H,2-4,6,8-10H2,1H3,(H,18,22). The molecule has 7 heteroatoms. The Morgan fingerprint density at radius 3 is 3.22 bits per heavy atom. The molecule has 2 aromatic rings. The van der Waals surface area contributed by atoms with Gasteiger partial charge in [-0.25, -0.2) is 4.98 Å². The fraction of sp³-hybridized carbons (Fsp3) is 0.562. The quantitative estimate of drug-likeness (QED) is 0.844. The Bertz CT molecular complexity index is 644. The van der Waals surface area contributed by atoms with Gasteiger partial charge in [-0.3, -0.25) is 9.48 Å². The Hall–Kier alpha value is -1.73. The molecule has 0 aliphatic carbocycles. The van der Waals surface area contributed by atoms with Crippen molar-refractivity contribution in [3.63, 3.8) is 0 Å². The summed E-state index contributed by atoms with van der Waals surface area (Å²) in [4.78, 5) is 16.5. The number of carbonyl (C=O) groups excluding carboxylic acids is 1. The second-order valence-corrected chi connectivity index (χ2v) is 6.79. The van der Waals surface area contributed by atoms with E-state index in [2.05, 4.69) is 27.6 Å². The van der Waals surface area contributed by atoms with Gasteiger partial charge in [0, 0.05) is 24.0 Å². The molecule has 124 valence electrons. The topological polar surface area (TPSA) is 71.8 Å². The maximum atomic E-state index is 12.0. The highest BCUT2D eigenvalue weighted by Gasteiger charge is 2.17. The van der Waals surface area contributed by atoms with Crippen LogP contribution in [-0.4, -0.2) is 33.8 Å². The van der Waals surface area contributed by atoms with Crippen LogP contribution in [0.1, 0.15) is 42.1 Å².